The topological polar surface area (TPSA) is 75.4 Å². The van der Waals surface area contributed by atoms with Crippen molar-refractivity contribution in [1.29, 1.82) is 0 Å². The van der Waals surface area contributed by atoms with Gasteiger partial charge in [-0.1, -0.05) is 59.4 Å². The van der Waals surface area contributed by atoms with E-state index in [9.17, 15) is 4.79 Å². The Hall–Kier alpha value is -3.32. The fourth-order valence-electron chi connectivity index (χ4n) is 2.85. The smallest absolute Gasteiger partial charge is 0.291 e. The molecule has 0 aliphatic rings. The van der Waals surface area contributed by atoms with Gasteiger partial charge in [0.1, 0.15) is 0 Å². The van der Waals surface area contributed by atoms with E-state index in [1.54, 1.807) is 6.92 Å². The van der Waals surface area contributed by atoms with Crippen LogP contribution in [0.2, 0.25) is 0 Å². The maximum absolute atomic E-state index is 12.9. The molecule has 7 heteroatoms. The minimum Gasteiger partial charge on any atom is -0.291 e. The first kappa shape index (κ1) is 18.1. The van der Waals surface area contributed by atoms with Crippen LogP contribution in [0, 0.1) is 20.8 Å². The lowest BCUT2D eigenvalue weighted by Crippen LogP contribution is -2.13. The fourth-order valence-corrected chi connectivity index (χ4v) is 3.74. The number of hydrogen-bond donors (Lipinski definition) is 1. The monoisotopic (exact) mass is 389 g/mol. The van der Waals surface area contributed by atoms with Crippen LogP contribution in [0.15, 0.2) is 69.6 Å². The molecule has 0 atom stereocenters. The van der Waals surface area contributed by atoms with Crippen molar-refractivity contribution >= 4 is 22.7 Å². The van der Waals surface area contributed by atoms with Crippen molar-refractivity contribution in [3.8, 4) is 16.4 Å². The number of nitrogens with one attached hydrogen (secondary N) is 1. The average molecular weight is 389 g/mol. The van der Waals surface area contributed by atoms with E-state index in [2.05, 4.69) is 20.3 Å². The molecule has 2 aromatic heterocycles. The van der Waals surface area contributed by atoms with Gasteiger partial charge < -0.3 is 0 Å². The Morgan fingerprint density at radius 1 is 0.964 bits per heavy atom. The number of benzene rings is 2. The Labute approximate surface area is 166 Å². The number of H-pyrrole nitrogens is 1. The highest BCUT2D eigenvalue weighted by molar-refractivity contribution is 7.14. The SMILES string of the molecule is Cc1ccc(N=Nc2c(C)[nH]n(-c3nc(-c4ccccc4)c(C)s3)c2=O)cc1. The van der Waals surface area contributed by atoms with E-state index >= 15 is 0 Å². The number of thiazole rings is 1. The van der Waals surface area contributed by atoms with Gasteiger partial charge in [-0.15, -0.1) is 5.11 Å². The summed E-state index contributed by atoms with van der Waals surface area (Å²) in [5, 5.41) is 12.0. The summed E-state index contributed by atoms with van der Waals surface area (Å²) in [5.74, 6) is 0. The molecule has 0 spiro atoms. The Morgan fingerprint density at radius 2 is 1.68 bits per heavy atom. The van der Waals surface area contributed by atoms with E-state index in [1.807, 2.05) is 68.4 Å². The Kier molecular flexibility index (Phi) is 4.75. The highest BCUT2D eigenvalue weighted by Gasteiger charge is 2.17. The van der Waals surface area contributed by atoms with Gasteiger partial charge >= 0.3 is 5.56 Å². The molecule has 4 rings (SSSR count). The molecular weight excluding hydrogens is 370 g/mol. The lowest BCUT2D eigenvalue weighted by atomic mass is 10.1. The molecule has 0 amide bonds. The van der Waals surface area contributed by atoms with Gasteiger partial charge in [0.2, 0.25) is 5.13 Å². The van der Waals surface area contributed by atoms with Gasteiger partial charge in [-0.3, -0.25) is 9.89 Å². The summed E-state index contributed by atoms with van der Waals surface area (Å²) in [7, 11) is 0. The third-order valence-corrected chi connectivity index (χ3v) is 5.32. The zero-order valence-corrected chi connectivity index (χ0v) is 16.6. The van der Waals surface area contributed by atoms with Crippen LogP contribution in [0.25, 0.3) is 16.4 Å². The zero-order chi connectivity index (χ0) is 19.7. The summed E-state index contributed by atoms with van der Waals surface area (Å²) in [4.78, 5) is 18.6. The Morgan fingerprint density at radius 3 is 2.39 bits per heavy atom. The summed E-state index contributed by atoms with van der Waals surface area (Å²) in [6, 6.07) is 17.6. The number of aromatic amines is 1. The molecule has 0 unspecified atom stereocenters. The van der Waals surface area contributed by atoms with Crippen LogP contribution in [0.5, 0.6) is 0 Å². The predicted octanol–water partition coefficient (Wildman–Crippen LogP) is 5.63. The van der Waals surface area contributed by atoms with Crippen molar-refractivity contribution < 1.29 is 0 Å². The normalized spacial score (nSPS) is 11.4. The number of azo groups is 1. The van der Waals surface area contributed by atoms with Crippen molar-refractivity contribution in [2.75, 3.05) is 0 Å². The standard InChI is InChI=1S/C21H19N5OS/c1-13-9-11-17(12-10-13)23-24-18-14(2)25-26(20(18)27)21-22-19(15(3)28-21)16-7-5-4-6-8-16/h4-12,25H,1-3H3. The maximum atomic E-state index is 12.9. The number of aromatic nitrogens is 3. The lowest BCUT2D eigenvalue weighted by Gasteiger charge is -1.97. The fraction of sp³-hybridized carbons (Fsp3) is 0.143. The van der Waals surface area contributed by atoms with Gasteiger partial charge in [0.05, 0.1) is 17.1 Å². The lowest BCUT2D eigenvalue weighted by molar-refractivity contribution is 0.827. The molecule has 6 nitrogen and oxygen atoms in total. The van der Waals surface area contributed by atoms with E-state index in [1.165, 1.54) is 16.0 Å². The maximum Gasteiger partial charge on any atom is 0.301 e. The summed E-state index contributed by atoms with van der Waals surface area (Å²) in [6.07, 6.45) is 0. The Bertz CT molecular complexity index is 1200. The molecule has 0 fully saturated rings. The van der Waals surface area contributed by atoms with Gasteiger partial charge in [-0.05, 0) is 32.9 Å². The molecule has 0 saturated heterocycles. The molecule has 28 heavy (non-hydrogen) atoms. The van der Waals surface area contributed by atoms with E-state index in [0.29, 0.717) is 16.5 Å². The largest absolute Gasteiger partial charge is 0.301 e. The van der Waals surface area contributed by atoms with Gasteiger partial charge in [0, 0.05) is 10.4 Å². The first-order valence-electron chi connectivity index (χ1n) is 8.86. The molecule has 2 aromatic carbocycles. The van der Waals surface area contributed by atoms with Gasteiger partial charge in [-0.2, -0.15) is 9.80 Å². The van der Waals surface area contributed by atoms with Crippen molar-refractivity contribution in [1.82, 2.24) is 14.8 Å². The van der Waals surface area contributed by atoms with Crippen LogP contribution in [0.3, 0.4) is 0 Å². The summed E-state index contributed by atoms with van der Waals surface area (Å²) in [5.41, 5.74) is 4.42. The van der Waals surface area contributed by atoms with Crippen molar-refractivity contribution in [2.24, 2.45) is 10.2 Å². The number of rotatable bonds is 4. The quantitative estimate of drug-likeness (QED) is 0.459. The average Bonchev–Trinajstić information content (AvgIpc) is 3.22. The summed E-state index contributed by atoms with van der Waals surface area (Å²) >= 11 is 1.46. The van der Waals surface area contributed by atoms with Gasteiger partial charge in [0.15, 0.2) is 5.69 Å². The van der Waals surface area contributed by atoms with E-state index in [4.69, 9.17) is 0 Å². The minimum absolute atomic E-state index is 0.262. The van der Waals surface area contributed by atoms with Gasteiger partial charge in [0.25, 0.3) is 0 Å². The van der Waals surface area contributed by atoms with Crippen LogP contribution in [-0.4, -0.2) is 14.8 Å². The van der Waals surface area contributed by atoms with Crippen LogP contribution < -0.4 is 5.56 Å². The number of hydrogen-bond acceptors (Lipinski definition) is 5. The van der Waals surface area contributed by atoms with E-state index < -0.39 is 0 Å². The molecule has 0 radical (unpaired) electrons. The van der Waals surface area contributed by atoms with Crippen LogP contribution in [0.1, 0.15) is 16.1 Å². The van der Waals surface area contributed by atoms with Crippen LogP contribution in [-0.2, 0) is 0 Å². The zero-order valence-electron chi connectivity index (χ0n) is 15.8. The molecule has 2 heterocycles. The van der Waals surface area contributed by atoms with E-state index in [0.717, 1.165) is 21.7 Å². The highest BCUT2D eigenvalue weighted by atomic mass is 32.1. The molecule has 140 valence electrons. The third-order valence-electron chi connectivity index (χ3n) is 4.36. The van der Waals surface area contributed by atoms with Crippen LogP contribution in [0.4, 0.5) is 11.4 Å². The summed E-state index contributed by atoms with van der Waals surface area (Å²) in [6.45, 7) is 5.82. The Balaban J connectivity index is 1.70. The van der Waals surface area contributed by atoms with E-state index in [-0.39, 0.29) is 11.2 Å². The highest BCUT2D eigenvalue weighted by Crippen LogP contribution is 2.29. The molecule has 0 bridgehead atoms. The number of aryl methyl sites for hydroxylation is 3. The molecule has 1 N–H and O–H groups in total. The first-order valence-corrected chi connectivity index (χ1v) is 9.68. The first-order chi connectivity index (χ1) is 13.5. The van der Waals surface area contributed by atoms with Crippen molar-refractivity contribution in [3.63, 3.8) is 0 Å². The minimum atomic E-state index is -0.262. The molecular formula is C21H19N5OS. The number of nitrogens with zero attached hydrogens (tertiary/aromatic N) is 4. The van der Waals surface area contributed by atoms with Crippen molar-refractivity contribution in [2.45, 2.75) is 20.8 Å². The predicted molar refractivity (Wildman–Crippen MR) is 112 cm³/mol. The molecule has 0 aliphatic heterocycles. The molecule has 0 aliphatic carbocycles. The van der Waals surface area contributed by atoms with Crippen molar-refractivity contribution in [3.05, 3.63) is 81.1 Å². The molecule has 4 aromatic rings. The van der Waals surface area contributed by atoms with Gasteiger partial charge in [-0.25, -0.2) is 4.98 Å². The summed E-state index contributed by atoms with van der Waals surface area (Å²) < 4.78 is 1.43. The second-order valence-electron chi connectivity index (χ2n) is 6.53. The second kappa shape index (κ2) is 7.36. The van der Waals surface area contributed by atoms with Crippen LogP contribution >= 0.6 is 11.3 Å². The molecule has 0 saturated carbocycles. The third kappa shape index (κ3) is 3.44. The second-order valence-corrected chi connectivity index (χ2v) is 7.71.